The molecule has 0 aliphatic carbocycles. The van der Waals surface area contributed by atoms with Crippen molar-refractivity contribution < 1.29 is 13.2 Å². The summed E-state index contributed by atoms with van der Waals surface area (Å²) in [4.78, 5) is 2.42. The molecule has 2 fully saturated rings. The average Bonchev–Trinajstić information content (AvgIpc) is 2.93. The fraction of sp³-hybridized carbons (Fsp3) is 0.667. The van der Waals surface area contributed by atoms with Crippen molar-refractivity contribution in [2.45, 2.75) is 38.8 Å². The summed E-state index contributed by atoms with van der Waals surface area (Å²) >= 11 is 0. The van der Waals surface area contributed by atoms with E-state index in [1.54, 1.807) is 6.92 Å². The molecular weight excluding hydrogens is 324 g/mol. The molecule has 2 saturated heterocycles. The van der Waals surface area contributed by atoms with Gasteiger partial charge in [-0.15, -0.1) is 0 Å². The lowest BCUT2D eigenvalue weighted by Crippen LogP contribution is -2.64. The van der Waals surface area contributed by atoms with Crippen LogP contribution in [0.5, 0.6) is 0 Å². The number of ether oxygens (including phenoxy) is 1. The quantitative estimate of drug-likeness (QED) is 0.814. The molecule has 1 spiro atoms. The Morgan fingerprint density at radius 3 is 2.67 bits per heavy atom. The van der Waals surface area contributed by atoms with Crippen LogP contribution in [-0.2, 0) is 21.3 Å². The highest BCUT2D eigenvalue weighted by Crippen LogP contribution is 2.42. The molecule has 5 nitrogen and oxygen atoms in total. The van der Waals surface area contributed by atoms with Crippen molar-refractivity contribution in [2.75, 3.05) is 32.0 Å². The highest BCUT2D eigenvalue weighted by molar-refractivity contribution is 7.89. The van der Waals surface area contributed by atoms with Crippen LogP contribution in [0.15, 0.2) is 24.3 Å². The van der Waals surface area contributed by atoms with Gasteiger partial charge in [-0.3, -0.25) is 4.90 Å². The first kappa shape index (κ1) is 17.9. The predicted molar refractivity (Wildman–Crippen MR) is 95.3 cm³/mol. The van der Waals surface area contributed by atoms with Crippen molar-refractivity contribution in [2.24, 2.45) is 5.92 Å². The molecular formula is C18H28N2O3S. The van der Waals surface area contributed by atoms with E-state index in [0.29, 0.717) is 12.5 Å². The molecule has 0 radical (unpaired) electrons. The van der Waals surface area contributed by atoms with Gasteiger partial charge in [-0.05, 0) is 38.2 Å². The van der Waals surface area contributed by atoms with Gasteiger partial charge >= 0.3 is 0 Å². The summed E-state index contributed by atoms with van der Waals surface area (Å²) < 4.78 is 31.8. The van der Waals surface area contributed by atoms with E-state index in [1.807, 2.05) is 0 Å². The molecule has 1 aromatic rings. The molecule has 2 aliphatic rings. The molecule has 1 N–H and O–H groups in total. The number of nitrogens with zero attached hydrogens (tertiary/aromatic N) is 1. The minimum Gasteiger partial charge on any atom is -0.372 e. The van der Waals surface area contributed by atoms with Crippen molar-refractivity contribution >= 4 is 10.0 Å². The minimum atomic E-state index is -3.09. The lowest BCUT2D eigenvalue weighted by atomic mass is 9.79. The van der Waals surface area contributed by atoms with E-state index in [0.717, 1.165) is 39.1 Å². The number of rotatable bonds is 7. The SMILES string of the molecule is CCS(=O)(=O)NCC[C@H]1CCOC12CN(Cc1ccc(C)cc1)C2. The molecule has 0 aromatic heterocycles. The van der Waals surface area contributed by atoms with Gasteiger partial charge in [-0.25, -0.2) is 13.1 Å². The minimum absolute atomic E-state index is 0.0532. The second kappa shape index (κ2) is 7.12. The van der Waals surface area contributed by atoms with Gasteiger partial charge in [0.25, 0.3) is 0 Å². The summed E-state index contributed by atoms with van der Waals surface area (Å²) in [6.07, 6.45) is 1.89. The molecule has 1 aromatic carbocycles. The third-order valence-corrected chi connectivity index (χ3v) is 6.71. The monoisotopic (exact) mass is 352 g/mol. The molecule has 6 heteroatoms. The second-order valence-electron chi connectivity index (χ2n) is 7.12. The van der Waals surface area contributed by atoms with Gasteiger partial charge in [0.1, 0.15) is 0 Å². The van der Waals surface area contributed by atoms with Crippen LogP contribution in [0.2, 0.25) is 0 Å². The third kappa shape index (κ3) is 3.99. The fourth-order valence-corrected chi connectivity index (χ4v) is 4.44. The highest BCUT2D eigenvalue weighted by Gasteiger charge is 2.52. The van der Waals surface area contributed by atoms with E-state index in [1.165, 1.54) is 11.1 Å². The van der Waals surface area contributed by atoms with Crippen molar-refractivity contribution in [1.82, 2.24) is 9.62 Å². The smallest absolute Gasteiger partial charge is 0.211 e. The normalized spacial score (nSPS) is 23.5. The molecule has 1 atom stereocenters. The molecule has 2 aliphatic heterocycles. The Labute approximate surface area is 145 Å². The van der Waals surface area contributed by atoms with E-state index >= 15 is 0 Å². The van der Waals surface area contributed by atoms with Gasteiger partial charge < -0.3 is 4.74 Å². The number of nitrogens with one attached hydrogen (secondary N) is 1. The van der Waals surface area contributed by atoms with Crippen LogP contribution in [0, 0.1) is 12.8 Å². The Morgan fingerprint density at radius 2 is 2.00 bits per heavy atom. The Balaban J connectivity index is 1.49. The Hall–Kier alpha value is -0.950. The van der Waals surface area contributed by atoms with E-state index < -0.39 is 10.0 Å². The van der Waals surface area contributed by atoms with E-state index in [2.05, 4.69) is 40.8 Å². The van der Waals surface area contributed by atoms with Crippen LogP contribution in [0.25, 0.3) is 0 Å². The number of hydrogen-bond donors (Lipinski definition) is 1. The number of benzene rings is 1. The zero-order valence-corrected chi connectivity index (χ0v) is 15.4. The van der Waals surface area contributed by atoms with Crippen LogP contribution < -0.4 is 4.72 Å². The topological polar surface area (TPSA) is 58.6 Å². The average molecular weight is 353 g/mol. The summed E-state index contributed by atoms with van der Waals surface area (Å²) in [7, 11) is -3.09. The van der Waals surface area contributed by atoms with Crippen LogP contribution in [-0.4, -0.2) is 50.9 Å². The zero-order chi connectivity index (χ0) is 17.2. The molecule has 0 amide bonds. The van der Waals surface area contributed by atoms with Gasteiger partial charge in [0.05, 0.1) is 11.4 Å². The fourth-order valence-electron chi connectivity index (χ4n) is 3.81. The standard InChI is InChI=1S/C18H28N2O3S/c1-3-24(21,22)19-10-8-17-9-11-23-18(17)13-20(14-18)12-16-6-4-15(2)5-7-16/h4-7,17,19H,3,8-14H2,1-2H3/t17-/m0/s1. The van der Waals surface area contributed by atoms with Crippen molar-refractivity contribution in [3.8, 4) is 0 Å². The van der Waals surface area contributed by atoms with E-state index in [9.17, 15) is 8.42 Å². The lowest BCUT2D eigenvalue weighted by molar-refractivity contribution is -0.136. The summed E-state index contributed by atoms with van der Waals surface area (Å²) in [6, 6.07) is 8.68. The number of sulfonamides is 1. The zero-order valence-electron chi connectivity index (χ0n) is 14.6. The van der Waals surface area contributed by atoms with Gasteiger partial charge in [0, 0.05) is 32.8 Å². The maximum Gasteiger partial charge on any atom is 0.211 e. The van der Waals surface area contributed by atoms with Crippen molar-refractivity contribution in [1.29, 1.82) is 0 Å². The van der Waals surface area contributed by atoms with Gasteiger partial charge in [-0.1, -0.05) is 29.8 Å². The van der Waals surface area contributed by atoms with E-state index in [-0.39, 0.29) is 11.4 Å². The summed E-state index contributed by atoms with van der Waals surface area (Å²) in [5, 5.41) is 0. The molecule has 3 rings (SSSR count). The van der Waals surface area contributed by atoms with Crippen molar-refractivity contribution in [3.05, 3.63) is 35.4 Å². The first-order chi connectivity index (χ1) is 11.4. The summed E-state index contributed by atoms with van der Waals surface area (Å²) in [5.74, 6) is 0.593. The first-order valence-corrected chi connectivity index (χ1v) is 10.5. The number of aryl methyl sites for hydroxylation is 1. The Morgan fingerprint density at radius 1 is 1.29 bits per heavy atom. The molecule has 24 heavy (non-hydrogen) atoms. The van der Waals surface area contributed by atoms with Gasteiger partial charge in [0.2, 0.25) is 10.0 Å². The lowest BCUT2D eigenvalue weighted by Gasteiger charge is -2.50. The van der Waals surface area contributed by atoms with Crippen LogP contribution in [0.4, 0.5) is 0 Å². The molecule has 0 bridgehead atoms. The summed E-state index contributed by atoms with van der Waals surface area (Å²) in [6.45, 7) is 7.94. The molecule has 134 valence electrons. The molecule has 0 saturated carbocycles. The first-order valence-electron chi connectivity index (χ1n) is 8.82. The number of likely N-dealkylation sites (tertiary alicyclic amines) is 1. The Kier molecular flexibility index (Phi) is 5.30. The maximum absolute atomic E-state index is 11.5. The predicted octanol–water partition coefficient (Wildman–Crippen LogP) is 1.92. The Bertz CT molecular complexity index is 651. The largest absolute Gasteiger partial charge is 0.372 e. The van der Waals surface area contributed by atoms with Crippen molar-refractivity contribution in [3.63, 3.8) is 0 Å². The van der Waals surface area contributed by atoms with Crippen LogP contribution in [0.3, 0.4) is 0 Å². The molecule has 2 heterocycles. The second-order valence-corrected chi connectivity index (χ2v) is 9.21. The summed E-state index contributed by atoms with van der Waals surface area (Å²) in [5.41, 5.74) is 2.57. The molecule has 0 unspecified atom stereocenters. The number of hydrogen-bond acceptors (Lipinski definition) is 4. The van der Waals surface area contributed by atoms with Crippen LogP contribution in [0.1, 0.15) is 30.9 Å². The van der Waals surface area contributed by atoms with Gasteiger partial charge in [-0.2, -0.15) is 0 Å². The van der Waals surface area contributed by atoms with E-state index in [4.69, 9.17) is 4.74 Å². The maximum atomic E-state index is 11.5. The van der Waals surface area contributed by atoms with Gasteiger partial charge in [0.15, 0.2) is 0 Å². The third-order valence-electron chi connectivity index (χ3n) is 5.30. The highest BCUT2D eigenvalue weighted by atomic mass is 32.2. The van der Waals surface area contributed by atoms with Crippen LogP contribution >= 0.6 is 0 Å².